The van der Waals surface area contributed by atoms with E-state index >= 15 is 0 Å². The zero-order valence-electron chi connectivity index (χ0n) is 16.8. The summed E-state index contributed by atoms with van der Waals surface area (Å²) in [7, 11) is -3.57. The maximum Gasteiger partial charge on any atom is 0.243 e. The summed E-state index contributed by atoms with van der Waals surface area (Å²) in [5, 5.41) is 12.5. The Balaban J connectivity index is 1.49. The number of aliphatic hydroxyl groups is 1. The zero-order valence-corrected chi connectivity index (χ0v) is 17.6. The molecule has 2 aromatic rings. The molecule has 1 atom stereocenters. The van der Waals surface area contributed by atoms with Crippen LogP contribution in [0.4, 0.5) is 8.78 Å². The van der Waals surface area contributed by atoms with Crippen LogP contribution in [-0.2, 0) is 26.0 Å². The third-order valence-electron chi connectivity index (χ3n) is 4.99. The molecule has 0 aromatic heterocycles. The third-order valence-corrected chi connectivity index (χ3v) is 6.90. The van der Waals surface area contributed by atoms with Crippen LogP contribution in [-0.4, -0.2) is 56.6 Å². The number of nitrogens with one attached hydrogen (secondary N) is 1. The first-order chi connectivity index (χ1) is 14.8. The maximum absolute atomic E-state index is 13.7. The van der Waals surface area contributed by atoms with Gasteiger partial charge in [0.15, 0.2) is 0 Å². The van der Waals surface area contributed by atoms with Crippen molar-refractivity contribution in [2.45, 2.75) is 23.8 Å². The van der Waals surface area contributed by atoms with Gasteiger partial charge in [0.25, 0.3) is 0 Å². The monoisotopic (exact) mass is 454 g/mol. The van der Waals surface area contributed by atoms with E-state index in [1.807, 2.05) is 0 Å². The first-order valence-corrected chi connectivity index (χ1v) is 11.3. The quantitative estimate of drug-likeness (QED) is 0.634. The number of aliphatic hydroxyl groups excluding tert-OH is 1. The number of carbonyl (C=O) groups is 1. The predicted octanol–water partition coefficient (Wildman–Crippen LogP) is 1.77. The van der Waals surface area contributed by atoms with Crippen LogP contribution < -0.4 is 5.32 Å². The molecule has 0 bridgehead atoms. The third kappa shape index (κ3) is 6.07. The van der Waals surface area contributed by atoms with Gasteiger partial charge in [-0.1, -0.05) is 18.2 Å². The fourth-order valence-electron chi connectivity index (χ4n) is 3.20. The Bertz CT molecular complexity index is 1010. The Morgan fingerprint density at radius 2 is 1.81 bits per heavy atom. The molecule has 1 aliphatic rings. The SMILES string of the molecule is O=C(CCc1ccc(S(=O)(=O)N2CCOCC2)cc1)NCC(O)c1ccc(F)cc1F. The molecular formula is C21H24F2N2O5S. The van der Waals surface area contributed by atoms with Crippen LogP contribution in [0.1, 0.15) is 23.7 Å². The Kier molecular flexibility index (Phi) is 7.71. The van der Waals surface area contributed by atoms with E-state index in [4.69, 9.17) is 4.74 Å². The molecule has 1 aliphatic heterocycles. The van der Waals surface area contributed by atoms with E-state index in [9.17, 15) is 27.1 Å². The molecule has 0 aliphatic carbocycles. The van der Waals surface area contributed by atoms with Crippen molar-refractivity contribution in [2.75, 3.05) is 32.8 Å². The number of hydrogen-bond acceptors (Lipinski definition) is 5. The molecule has 0 radical (unpaired) electrons. The zero-order chi connectivity index (χ0) is 22.4. The molecule has 31 heavy (non-hydrogen) atoms. The molecule has 168 valence electrons. The van der Waals surface area contributed by atoms with E-state index in [2.05, 4.69) is 5.32 Å². The second-order valence-corrected chi connectivity index (χ2v) is 9.08. The minimum absolute atomic E-state index is 0.0984. The van der Waals surface area contributed by atoms with Gasteiger partial charge in [0.2, 0.25) is 15.9 Å². The Morgan fingerprint density at radius 1 is 1.13 bits per heavy atom. The van der Waals surface area contributed by atoms with Crippen LogP contribution in [0.3, 0.4) is 0 Å². The van der Waals surface area contributed by atoms with Crippen molar-refractivity contribution in [1.29, 1.82) is 0 Å². The van der Waals surface area contributed by atoms with E-state index in [1.54, 1.807) is 12.1 Å². The molecule has 1 heterocycles. The summed E-state index contributed by atoms with van der Waals surface area (Å²) in [6, 6.07) is 9.18. The number of morpholine rings is 1. The molecule has 1 amide bonds. The van der Waals surface area contributed by atoms with E-state index < -0.39 is 27.8 Å². The Labute approximate surface area is 179 Å². The first kappa shape index (κ1) is 23.3. The van der Waals surface area contributed by atoms with E-state index in [0.717, 1.165) is 17.7 Å². The van der Waals surface area contributed by atoms with Gasteiger partial charge in [0.1, 0.15) is 11.6 Å². The van der Waals surface area contributed by atoms with Crippen LogP contribution in [0.25, 0.3) is 0 Å². The van der Waals surface area contributed by atoms with Crippen molar-refractivity contribution >= 4 is 15.9 Å². The topological polar surface area (TPSA) is 95.9 Å². The fourth-order valence-corrected chi connectivity index (χ4v) is 4.61. The summed E-state index contributed by atoms with van der Waals surface area (Å²) >= 11 is 0. The highest BCUT2D eigenvalue weighted by Crippen LogP contribution is 2.19. The van der Waals surface area contributed by atoms with Gasteiger partial charge in [-0.2, -0.15) is 4.31 Å². The lowest BCUT2D eigenvalue weighted by molar-refractivity contribution is -0.121. The molecule has 2 N–H and O–H groups in total. The number of amides is 1. The second-order valence-electron chi connectivity index (χ2n) is 7.15. The van der Waals surface area contributed by atoms with Crippen molar-refractivity contribution in [2.24, 2.45) is 0 Å². The van der Waals surface area contributed by atoms with Crippen LogP contribution in [0.2, 0.25) is 0 Å². The molecule has 3 rings (SSSR count). The second kappa shape index (κ2) is 10.3. The Morgan fingerprint density at radius 3 is 2.45 bits per heavy atom. The number of ether oxygens (including phenoxy) is 1. The molecule has 2 aromatic carbocycles. The normalized spacial score (nSPS) is 16.1. The van der Waals surface area contributed by atoms with E-state index in [-0.39, 0.29) is 29.3 Å². The van der Waals surface area contributed by atoms with Gasteiger partial charge in [-0.25, -0.2) is 17.2 Å². The number of benzene rings is 2. The van der Waals surface area contributed by atoms with Gasteiger partial charge in [-0.05, 0) is 30.2 Å². The molecular weight excluding hydrogens is 430 g/mol. The average Bonchev–Trinajstić information content (AvgIpc) is 2.77. The number of halogens is 2. The van der Waals surface area contributed by atoms with E-state index in [1.165, 1.54) is 16.4 Å². The lowest BCUT2D eigenvalue weighted by Gasteiger charge is -2.26. The van der Waals surface area contributed by atoms with Crippen molar-refractivity contribution in [3.8, 4) is 0 Å². The van der Waals surface area contributed by atoms with Crippen LogP contribution in [0.5, 0.6) is 0 Å². The van der Waals surface area contributed by atoms with Gasteiger partial charge in [-0.3, -0.25) is 4.79 Å². The molecule has 1 saturated heterocycles. The van der Waals surface area contributed by atoms with Gasteiger partial charge in [-0.15, -0.1) is 0 Å². The van der Waals surface area contributed by atoms with Crippen LogP contribution >= 0.6 is 0 Å². The molecule has 0 saturated carbocycles. The maximum atomic E-state index is 13.7. The van der Waals surface area contributed by atoms with Crippen LogP contribution in [0.15, 0.2) is 47.4 Å². The van der Waals surface area contributed by atoms with Crippen molar-refractivity contribution in [1.82, 2.24) is 9.62 Å². The summed E-state index contributed by atoms with van der Waals surface area (Å²) in [5.41, 5.74) is 0.681. The minimum atomic E-state index is -3.57. The molecule has 0 spiro atoms. The fraction of sp³-hybridized carbons (Fsp3) is 0.381. The van der Waals surface area contributed by atoms with Gasteiger partial charge in [0, 0.05) is 37.7 Å². The number of hydrogen-bond donors (Lipinski definition) is 2. The number of aryl methyl sites for hydroxylation is 1. The summed E-state index contributed by atoms with van der Waals surface area (Å²) in [6.07, 6.45) is -0.826. The number of rotatable bonds is 8. The summed E-state index contributed by atoms with van der Waals surface area (Å²) in [6.45, 7) is 1.16. The highest BCUT2D eigenvalue weighted by atomic mass is 32.2. The van der Waals surface area contributed by atoms with Gasteiger partial charge in [0.05, 0.1) is 24.2 Å². The van der Waals surface area contributed by atoms with Crippen molar-refractivity contribution in [3.63, 3.8) is 0 Å². The van der Waals surface area contributed by atoms with Crippen LogP contribution in [0, 0.1) is 11.6 Å². The highest BCUT2D eigenvalue weighted by Gasteiger charge is 2.26. The largest absolute Gasteiger partial charge is 0.386 e. The van der Waals surface area contributed by atoms with Crippen molar-refractivity contribution in [3.05, 3.63) is 65.2 Å². The van der Waals surface area contributed by atoms with Crippen molar-refractivity contribution < 1.29 is 31.8 Å². The lowest BCUT2D eigenvalue weighted by Crippen LogP contribution is -2.40. The molecule has 1 unspecified atom stereocenters. The Hall–Kier alpha value is -2.40. The molecule has 1 fully saturated rings. The predicted molar refractivity (Wildman–Crippen MR) is 109 cm³/mol. The van der Waals surface area contributed by atoms with E-state index in [0.29, 0.717) is 38.8 Å². The summed E-state index contributed by atoms with van der Waals surface area (Å²) in [4.78, 5) is 12.2. The number of sulfonamides is 1. The number of nitrogens with zero attached hydrogens (tertiary/aromatic N) is 1. The molecule has 7 nitrogen and oxygen atoms in total. The summed E-state index contributed by atoms with van der Waals surface area (Å²) < 4.78 is 58.4. The van der Waals surface area contributed by atoms with Gasteiger partial charge >= 0.3 is 0 Å². The highest BCUT2D eigenvalue weighted by molar-refractivity contribution is 7.89. The summed E-state index contributed by atoms with van der Waals surface area (Å²) in [5.74, 6) is -1.98. The lowest BCUT2D eigenvalue weighted by atomic mass is 10.1. The average molecular weight is 454 g/mol. The minimum Gasteiger partial charge on any atom is -0.386 e. The van der Waals surface area contributed by atoms with Gasteiger partial charge < -0.3 is 15.2 Å². The molecule has 10 heteroatoms. The number of carbonyl (C=O) groups excluding carboxylic acids is 1. The first-order valence-electron chi connectivity index (χ1n) is 9.84. The standard InChI is InChI=1S/C21H24F2N2O5S/c22-16-4-7-18(19(23)13-16)20(26)14-24-21(27)8-3-15-1-5-17(6-2-15)31(28,29)25-9-11-30-12-10-25/h1-2,4-7,13,20,26H,3,8-12,14H2,(H,24,27). The smallest absolute Gasteiger partial charge is 0.243 e.